The zero-order valence-electron chi connectivity index (χ0n) is 10.7. The van der Waals surface area contributed by atoms with Crippen LogP contribution in [0, 0.1) is 0 Å². The third-order valence-electron chi connectivity index (χ3n) is 2.54. The van der Waals surface area contributed by atoms with E-state index >= 15 is 0 Å². The van der Waals surface area contributed by atoms with E-state index in [0.717, 1.165) is 21.4 Å². The van der Waals surface area contributed by atoms with Crippen molar-refractivity contribution in [3.63, 3.8) is 0 Å². The van der Waals surface area contributed by atoms with Crippen LogP contribution >= 0.6 is 15.9 Å². The molecule has 3 heteroatoms. The Hall–Kier alpha value is -1.87. The highest BCUT2D eigenvalue weighted by atomic mass is 79.9. The number of allylic oxidation sites excluding steroid dienone is 1. The van der Waals surface area contributed by atoms with Crippen LogP contribution in [0.25, 0.3) is 6.08 Å². The Balaban J connectivity index is 2.00. The van der Waals surface area contributed by atoms with Crippen LogP contribution in [-0.4, -0.2) is 5.71 Å². The lowest BCUT2D eigenvalue weighted by Crippen LogP contribution is -1.94. The van der Waals surface area contributed by atoms with Crippen LogP contribution in [0.1, 0.15) is 12.5 Å². The Morgan fingerprint density at radius 3 is 2.47 bits per heavy atom. The summed E-state index contributed by atoms with van der Waals surface area (Å²) in [5.41, 5.74) is 6.07. The molecule has 0 spiro atoms. The Bertz CT molecular complexity index is 589. The smallest absolute Gasteiger partial charge is 0.0703 e. The summed E-state index contributed by atoms with van der Waals surface area (Å²) in [5.74, 6) is 0. The van der Waals surface area contributed by atoms with E-state index in [1.165, 1.54) is 0 Å². The number of anilines is 1. The van der Waals surface area contributed by atoms with Crippen molar-refractivity contribution in [3.8, 4) is 0 Å². The first-order chi connectivity index (χ1) is 9.25. The molecule has 0 bridgehead atoms. The molecule has 0 aliphatic carbocycles. The van der Waals surface area contributed by atoms with Gasteiger partial charge in [0.15, 0.2) is 0 Å². The molecule has 0 aliphatic heterocycles. The maximum atomic E-state index is 4.32. The number of benzene rings is 2. The van der Waals surface area contributed by atoms with Gasteiger partial charge in [-0.15, -0.1) is 0 Å². The number of hydrogen-bond acceptors (Lipinski definition) is 2. The van der Waals surface area contributed by atoms with Crippen LogP contribution in [0.3, 0.4) is 0 Å². The van der Waals surface area contributed by atoms with Gasteiger partial charge >= 0.3 is 0 Å². The topological polar surface area (TPSA) is 24.4 Å². The molecular weight excluding hydrogens is 300 g/mol. The van der Waals surface area contributed by atoms with Crippen LogP contribution in [0.2, 0.25) is 0 Å². The average molecular weight is 315 g/mol. The van der Waals surface area contributed by atoms with E-state index in [1.54, 1.807) is 0 Å². The number of hydrogen-bond donors (Lipinski definition) is 1. The highest BCUT2D eigenvalue weighted by Gasteiger charge is 1.95. The van der Waals surface area contributed by atoms with Crippen LogP contribution in [0.15, 0.2) is 70.2 Å². The minimum atomic E-state index is 0.916. The predicted octanol–water partition coefficient (Wildman–Crippen LogP) is 4.95. The van der Waals surface area contributed by atoms with Gasteiger partial charge in [0.25, 0.3) is 0 Å². The molecule has 0 heterocycles. The lowest BCUT2D eigenvalue weighted by atomic mass is 10.2. The van der Waals surface area contributed by atoms with Crippen LogP contribution in [0.5, 0.6) is 0 Å². The van der Waals surface area contributed by atoms with Crippen LogP contribution in [0.4, 0.5) is 5.69 Å². The molecule has 19 heavy (non-hydrogen) atoms. The van der Waals surface area contributed by atoms with Crippen molar-refractivity contribution >= 4 is 33.4 Å². The molecule has 2 aromatic rings. The fraction of sp³-hybridized carbons (Fsp3) is 0.0625. The van der Waals surface area contributed by atoms with Crippen LogP contribution < -0.4 is 5.43 Å². The van der Waals surface area contributed by atoms with Crippen molar-refractivity contribution in [1.29, 1.82) is 0 Å². The van der Waals surface area contributed by atoms with E-state index in [4.69, 9.17) is 0 Å². The average Bonchev–Trinajstić information content (AvgIpc) is 2.45. The van der Waals surface area contributed by atoms with Crippen LogP contribution in [-0.2, 0) is 0 Å². The minimum absolute atomic E-state index is 0.916. The Kier molecular flexibility index (Phi) is 4.93. The number of hydrazone groups is 1. The number of nitrogens with one attached hydrogen (secondary N) is 1. The van der Waals surface area contributed by atoms with Gasteiger partial charge in [-0.05, 0) is 46.6 Å². The third-order valence-corrected chi connectivity index (χ3v) is 3.23. The fourth-order valence-electron chi connectivity index (χ4n) is 1.52. The van der Waals surface area contributed by atoms with Gasteiger partial charge in [0.2, 0.25) is 0 Å². The molecule has 2 aromatic carbocycles. The second-order valence-corrected chi connectivity index (χ2v) is 4.94. The maximum absolute atomic E-state index is 4.32. The summed E-state index contributed by atoms with van der Waals surface area (Å²) < 4.78 is 0.999. The molecule has 0 amide bonds. The number of rotatable bonds is 4. The summed E-state index contributed by atoms with van der Waals surface area (Å²) in [7, 11) is 0. The SMILES string of the molecule is CC(/C=C/c1ccccc1)=N/Nc1ccccc1Br. The van der Waals surface area contributed by atoms with Gasteiger partial charge in [0.1, 0.15) is 0 Å². The molecule has 0 unspecified atom stereocenters. The summed E-state index contributed by atoms with van der Waals surface area (Å²) >= 11 is 3.47. The second-order valence-electron chi connectivity index (χ2n) is 4.09. The van der Waals surface area contributed by atoms with Crippen molar-refractivity contribution in [3.05, 3.63) is 70.7 Å². The van der Waals surface area contributed by atoms with Crippen molar-refractivity contribution < 1.29 is 0 Å². The fourth-order valence-corrected chi connectivity index (χ4v) is 1.89. The van der Waals surface area contributed by atoms with Gasteiger partial charge < -0.3 is 0 Å². The highest BCUT2D eigenvalue weighted by Crippen LogP contribution is 2.20. The van der Waals surface area contributed by atoms with Gasteiger partial charge in [-0.3, -0.25) is 5.43 Å². The van der Waals surface area contributed by atoms with Crippen molar-refractivity contribution in [2.75, 3.05) is 5.43 Å². The largest absolute Gasteiger partial charge is 0.277 e. The number of nitrogens with zero attached hydrogens (tertiary/aromatic N) is 1. The maximum Gasteiger partial charge on any atom is 0.0703 e. The van der Waals surface area contributed by atoms with Gasteiger partial charge in [-0.2, -0.15) is 5.10 Å². The van der Waals surface area contributed by atoms with E-state index in [1.807, 2.05) is 61.5 Å². The molecule has 0 saturated heterocycles. The predicted molar refractivity (Wildman–Crippen MR) is 86.3 cm³/mol. The Morgan fingerprint density at radius 1 is 1.05 bits per heavy atom. The zero-order chi connectivity index (χ0) is 13.5. The van der Waals surface area contributed by atoms with Crippen molar-refractivity contribution in [2.24, 2.45) is 5.10 Å². The van der Waals surface area contributed by atoms with Gasteiger partial charge in [0.05, 0.1) is 11.4 Å². The standard InChI is InChI=1S/C16H15BrN2/c1-13(11-12-14-7-3-2-4-8-14)18-19-16-10-6-5-9-15(16)17/h2-12,19H,1H3/b12-11+,18-13-. The monoisotopic (exact) mass is 314 g/mol. The first-order valence-electron chi connectivity index (χ1n) is 6.03. The number of para-hydroxylation sites is 1. The van der Waals surface area contributed by atoms with E-state index in [9.17, 15) is 0 Å². The zero-order valence-corrected chi connectivity index (χ0v) is 12.3. The van der Waals surface area contributed by atoms with E-state index < -0.39 is 0 Å². The van der Waals surface area contributed by atoms with E-state index in [0.29, 0.717) is 0 Å². The molecule has 2 nitrogen and oxygen atoms in total. The molecule has 96 valence electrons. The van der Waals surface area contributed by atoms with E-state index in [2.05, 4.69) is 38.6 Å². The molecule has 0 radical (unpaired) electrons. The Morgan fingerprint density at radius 2 is 1.74 bits per heavy atom. The molecule has 0 saturated carbocycles. The summed E-state index contributed by atoms with van der Waals surface area (Å²) in [5, 5.41) is 4.32. The highest BCUT2D eigenvalue weighted by molar-refractivity contribution is 9.10. The summed E-state index contributed by atoms with van der Waals surface area (Å²) in [4.78, 5) is 0. The molecule has 2 rings (SSSR count). The lowest BCUT2D eigenvalue weighted by molar-refractivity contribution is 1.32. The Labute approximate surface area is 122 Å². The molecule has 1 N–H and O–H groups in total. The normalized spacial score (nSPS) is 11.8. The minimum Gasteiger partial charge on any atom is -0.277 e. The van der Waals surface area contributed by atoms with Gasteiger partial charge in [-0.1, -0.05) is 48.5 Å². The molecular formula is C16H15BrN2. The molecule has 0 aliphatic rings. The van der Waals surface area contributed by atoms with Gasteiger partial charge in [-0.25, -0.2) is 0 Å². The lowest BCUT2D eigenvalue weighted by Gasteiger charge is -2.03. The number of halogens is 1. The van der Waals surface area contributed by atoms with Crippen molar-refractivity contribution in [1.82, 2.24) is 0 Å². The summed E-state index contributed by atoms with van der Waals surface area (Å²) in [6.07, 6.45) is 4.03. The summed E-state index contributed by atoms with van der Waals surface area (Å²) in [6, 6.07) is 18.1. The molecule has 0 atom stereocenters. The van der Waals surface area contributed by atoms with Crippen molar-refractivity contribution in [2.45, 2.75) is 6.92 Å². The van der Waals surface area contributed by atoms with E-state index in [-0.39, 0.29) is 0 Å². The van der Waals surface area contributed by atoms with Gasteiger partial charge in [0, 0.05) is 4.47 Å². The first kappa shape index (κ1) is 13.6. The summed E-state index contributed by atoms with van der Waals surface area (Å²) in [6.45, 7) is 1.96. The second kappa shape index (κ2) is 6.90. The molecule has 0 fully saturated rings. The first-order valence-corrected chi connectivity index (χ1v) is 6.83. The molecule has 0 aromatic heterocycles. The third kappa shape index (κ3) is 4.38. The quantitative estimate of drug-likeness (QED) is 0.626.